The number of rotatable bonds is 4. The Hall–Kier alpha value is -0.960. The summed E-state index contributed by atoms with van der Waals surface area (Å²) in [5.41, 5.74) is 1.13. The molecule has 0 spiro atoms. The molecule has 0 aliphatic heterocycles. The van der Waals surface area contributed by atoms with Gasteiger partial charge in [-0.15, -0.1) is 0 Å². The van der Waals surface area contributed by atoms with Crippen molar-refractivity contribution < 1.29 is 0 Å². The Labute approximate surface area is 117 Å². The first-order valence-corrected chi connectivity index (χ1v) is 7.81. The summed E-state index contributed by atoms with van der Waals surface area (Å²) < 4.78 is 0. The van der Waals surface area contributed by atoms with Crippen molar-refractivity contribution in [2.45, 2.75) is 77.3 Å². The van der Waals surface area contributed by atoms with Crippen LogP contribution >= 0.6 is 0 Å². The molecule has 1 saturated carbocycles. The third-order valence-corrected chi connectivity index (χ3v) is 3.89. The Morgan fingerprint density at radius 3 is 2.53 bits per heavy atom. The maximum absolute atomic E-state index is 4.77. The zero-order valence-corrected chi connectivity index (χ0v) is 12.4. The highest BCUT2D eigenvalue weighted by Crippen LogP contribution is 2.28. The molecule has 2 rings (SSSR count). The van der Waals surface area contributed by atoms with Crippen LogP contribution < -0.4 is 5.32 Å². The van der Waals surface area contributed by atoms with Crippen LogP contribution in [0.15, 0.2) is 12.3 Å². The summed E-state index contributed by atoms with van der Waals surface area (Å²) >= 11 is 0. The summed E-state index contributed by atoms with van der Waals surface area (Å²) in [5.74, 6) is 1.66. The highest BCUT2D eigenvalue weighted by atomic mass is 14.9. The highest BCUT2D eigenvalue weighted by Gasteiger charge is 2.16. The van der Waals surface area contributed by atoms with Gasteiger partial charge in [0.2, 0.25) is 0 Å². The van der Waals surface area contributed by atoms with Gasteiger partial charge in [0.25, 0.3) is 0 Å². The summed E-state index contributed by atoms with van der Waals surface area (Å²) in [7, 11) is 0. The highest BCUT2D eigenvalue weighted by molar-refractivity contribution is 5.06. The van der Waals surface area contributed by atoms with Gasteiger partial charge in [0.15, 0.2) is 0 Å². The molecule has 1 N–H and O–H groups in total. The molecule has 1 heterocycles. The molecule has 3 heteroatoms. The molecule has 106 valence electrons. The van der Waals surface area contributed by atoms with E-state index in [2.05, 4.69) is 24.1 Å². The van der Waals surface area contributed by atoms with Crippen LogP contribution in [0.1, 0.15) is 76.2 Å². The standard InChI is InChI=1S/C16H27N3/c1-13(2)18-12-15-10-11-17-16(19-15)14-8-6-4-3-5-7-9-14/h10-11,13-14,18H,3-9,12H2,1-2H3. The summed E-state index contributed by atoms with van der Waals surface area (Å²) in [6, 6.07) is 2.53. The van der Waals surface area contributed by atoms with E-state index in [0.29, 0.717) is 12.0 Å². The second-order valence-electron chi connectivity index (χ2n) is 5.98. The fourth-order valence-corrected chi connectivity index (χ4v) is 2.73. The smallest absolute Gasteiger partial charge is 0.131 e. The minimum absolute atomic E-state index is 0.500. The van der Waals surface area contributed by atoms with Gasteiger partial charge in [-0.3, -0.25) is 0 Å². The zero-order chi connectivity index (χ0) is 13.5. The van der Waals surface area contributed by atoms with E-state index in [1.54, 1.807) is 0 Å². The van der Waals surface area contributed by atoms with E-state index >= 15 is 0 Å². The van der Waals surface area contributed by atoms with Crippen molar-refractivity contribution in [1.82, 2.24) is 15.3 Å². The second-order valence-corrected chi connectivity index (χ2v) is 5.98. The monoisotopic (exact) mass is 261 g/mol. The van der Waals surface area contributed by atoms with Crippen molar-refractivity contribution in [1.29, 1.82) is 0 Å². The fourth-order valence-electron chi connectivity index (χ4n) is 2.73. The molecule has 1 aromatic heterocycles. The number of aromatic nitrogens is 2. The Bertz CT molecular complexity index is 368. The average molecular weight is 261 g/mol. The number of hydrogen-bond donors (Lipinski definition) is 1. The molecule has 3 nitrogen and oxygen atoms in total. The molecule has 1 aliphatic carbocycles. The molecule has 0 radical (unpaired) electrons. The number of nitrogens with one attached hydrogen (secondary N) is 1. The quantitative estimate of drug-likeness (QED) is 0.895. The van der Waals surface area contributed by atoms with E-state index in [1.165, 1.54) is 44.9 Å². The normalized spacial score (nSPS) is 18.3. The van der Waals surface area contributed by atoms with Gasteiger partial charge in [0.1, 0.15) is 5.82 Å². The molecule has 0 amide bonds. The minimum atomic E-state index is 0.500. The topological polar surface area (TPSA) is 37.8 Å². The molecule has 1 aromatic rings. The van der Waals surface area contributed by atoms with Crippen LogP contribution in [-0.4, -0.2) is 16.0 Å². The van der Waals surface area contributed by atoms with E-state index in [4.69, 9.17) is 4.98 Å². The summed E-state index contributed by atoms with van der Waals surface area (Å²) in [6.45, 7) is 5.17. The second kappa shape index (κ2) is 7.59. The number of nitrogens with zero attached hydrogens (tertiary/aromatic N) is 2. The maximum Gasteiger partial charge on any atom is 0.131 e. The van der Waals surface area contributed by atoms with Gasteiger partial charge >= 0.3 is 0 Å². The van der Waals surface area contributed by atoms with Gasteiger partial charge < -0.3 is 5.32 Å². The van der Waals surface area contributed by atoms with Crippen LogP contribution in [0.3, 0.4) is 0 Å². The molecular weight excluding hydrogens is 234 g/mol. The number of hydrogen-bond acceptors (Lipinski definition) is 3. The van der Waals surface area contributed by atoms with Crippen LogP contribution in [0.4, 0.5) is 0 Å². The zero-order valence-electron chi connectivity index (χ0n) is 12.4. The third kappa shape index (κ3) is 4.90. The van der Waals surface area contributed by atoms with Crippen molar-refractivity contribution in [3.8, 4) is 0 Å². The van der Waals surface area contributed by atoms with Crippen LogP contribution in [0.25, 0.3) is 0 Å². The van der Waals surface area contributed by atoms with Crippen molar-refractivity contribution in [3.63, 3.8) is 0 Å². The van der Waals surface area contributed by atoms with E-state index in [-0.39, 0.29) is 0 Å². The maximum atomic E-state index is 4.77. The molecule has 0 unspecified atom stereocenters. The third-order valence-electron chi connectivity index (χ3n) is 3.89. The van der Waals surface area contributed by atoms with E-state index in [1.807, 2.05) is 12.3 Å². The summed E-state index contributed by atoms with van der Waals surface area (Å²) in [6.07, 6.45) is 11.3. The molecular formula is C16H27N3. The van der Waals surface area contributed by atoms with Gasteiger partial charge in [-0.1, -0.05) is 46.0 Å². The van der Waals surface area contributed by atoms with Gasteiger partial charge in [-0.2, -0.15) is 0 Å². The summed E-state index contributed by atoms with van der Waals surface area (Å²) in [5, 5.41) is 3.42. The molecule has 1 aliphatic rings. The predicted molar refractivity (Wildman–Crippen MR) is 79.1 cm³/mol. The Balaban J connectivity index is 1.99. The van der Waals surface area contributed by atoms with Crippen LogP contribution in [0, 0.1) is 0 Å². The lowest BCUT2D eigenvalue weighted by molar-refractivity contribution is 0.440. The van der Waals surface area contributed by atoms with E-state index < -0.39 is 0 Å². The van der Waals surface area contributed by atoms with Crippen molar-refractivity contribution in [2.75, 3.05) is 0 Å². The lowest BCUT2D eigenvalue weighted by Crippen LogP contribution is -2.23. The first kappa shape index (κ1) is 14.4. The van der Waals surface area contributed by atoms with Gasteiger partial charge in [-0.05, 0) is 18.9 Å². The fraction of sp³-hybridized carbons (Fsp3) is 0.750. The Morgan fingerprint density at radius 2 is 1.84 bits per heavy atom. The largest absolute Gasteiger partial charge is 0.309 e. The molecule has 0 aromatic carbocycles. The van der Waals surface area contributed by atoms with Crippen LogP contribution in [0.2, 0.25) is 0 Å². The van der Waals surface area contributed by atoms with Crippen LogP contribution in [-0.2, 0) is 6.54 Å². The molecule has 0 bridgehead atoms. The van der Waals surface area contributed by atoms with E-state index in [9.17, 15) is 0 Å². The SMILES string of the molecule is CC(C)NCc1ccnc(C2CCCCCCC2)n1. The van der Waals surface area contributed by atoms with Gasteiger partial charge in [0, 0.05) is 24.7 Å². The first-order chi connectivity index (χ1) is 9.25. The van der Waals surface area contributed by atoms with Crippen molar-refractivity contribution >= 4 is 0 Å². The average Bonchev–Trinajstić information content (AvgIpc) is 2.36. The van der Waals surface area contributed by atoms with Gasteiger partial charge in [0.05, 0.1) is 5.69 Å². The lowest BCUT2D eigenvalue weighted by atomic mass is 9.90. The predicted octanol–water partition coefficient (Wildman–Crippen LogP) is 3.80. The molecule has 0 atom stereocenters. The van der Waals surface area contributed by atoms with E-state index in [0.717, 1.165) is 18.1 Å². The minimum Gasteiger partial charge on any atom is -0.309 e. The van der Waals surface area contributed by atoms with Crippen LogP contribution in [0.5, 0.6) is 0 Å². The lowest BCUT2D eigenvalue weighted by Gasteiger charge is -2.18. The van der Waals surface area contributed by atoms with Gasteiger partial charge in [-0.25, -0.2) is 9.97 Å². The van der Waals surface area contributed by atoms with Crippen molar-refractivity contribution in [2.24, 2.45) is 0 Å². The Kier molecular flexibility index (Phi) is 5.77. The van der Waals surface area contributed by atoms with Crippen molar-refractivity contribution in [3.05, 3.63) is 23.8 Å². The molecule has 1 fully saturated rings. The Morgan fingerprint density at radius 1 is 1.16 bits per heavy atom. The molecule has 0 saturated heterocycles. The first-order valence-electron chi connectivity index (χ1n) is 7.81. The summed E-state index contributed by atoms with van der Waals surface area (Å²) in [4.78, 5) is 9.29. The molecule has 19 heavy (non-hydrogen) atoms.